The SMILES string of the molecule is CC.O=C(CS)C1CCc2cc(F)ccc2O1. The van der Waals surface area contributed by atoms with E-state index in [0.717, 1.165) is 5.56 Å². The molecule has 1 aliphatic rings. The first-order valence-corrected chi connectivity index (χ1v) is 6.42. The first-order valence-electron chi connectivity index (χ1n) is 5.79. The van der Waals surface area contributed by atoms with Gasteiger partial charge in [-0.3, -0.25) is 4.79 Å². The van der Waals surface area contributed by atoms with Crippen molar-refractivity contribution in [3.8, 4) is 5.75 Å². The molecule has 0 aliphatic carbocycles. The predicted molar refractivity (Wildman–Crippen MR) is 69.3 cm³/mol. The summed E-state index contributed by atoms with van der Waals surface area (Å²) < 4.78 is 18.4. The van der Waals surface area contributed by atoms with Crippen LogP contribution >= 0.6 is 12.6 Å². The van der Waals surface area contributed by atoms with Crippen LogP contribution in [0.1, 0.15) is 25.8 Å². The maximum absolute atomic E-state index is 12.9. The van der Waals surface area contributed by atoms with Crippen molar-refractivity contribution in [3.63, 3.8) is 0 Å². The van der Waals surface area contributed by atoms with Crippen LogP contribution in [0, 0.1) is 5.82 Å². The molecule has 1 aliphatic heterocycles. The fourth-order valence-corrected chi connectivity index (χ4v) is 1.89. The van der Waals surface area contributed by atoms with Gasteiger partial charge in [-0.2, -0.15) is 12.6 Å². The number of fused-ring (bicyclic) bond motifs is 1. The van der Waals surface area contributed by atoms with E-state index in [1.165, 1.54) is 12.1 Å². The summed E-state index contributed by atoms with van der Waals surface area (Å²) in [4.78, 5) is 11.4. The molecule has 4 heteroatoms. The van der Waals surface area contributed by atoms with Crippen molar-refractivity contribution in [3.05, 3.63) is 29.6 Å². The molecule has 0 bridgehead atoms. The number of hydrogen-bond acceptors (Lipinski definition) is 3. The van der Waals surface area contributed by atoms with Gasteiger partial charge in [0.05, 0.1) is 5.75 Å². The quantitative estimate of drug-likeness (QED) is 0.823. The van der Waals surface area contributed by atoms with E-state index in [2.05, 4.69) is 12.6 Å². The Hall–Kier alpha value is -1.03. The predicted octanol–water partition coefficient (Wildman–Crippen LogP) is 3.04. The minimum atomic E-state index is -0.416. The maximum atomic E-state index is 12.9. The lowest BCUT2D eigenvalue weighted by atomic mass is 10.0. The zero-order valence-electron chi connectivity index (χ0n) is 10.1. The number of benzene rings is 1. The van der Waals surface area contributed by atoms with Crippen molar-refractivity contribution in [1.82, 2.24) is 0 Å². The smallest absolute Gasteiger partial charge is 0.182 e. The Morgan fingerprint density at radius 1 is 1.53 bits per heavy atom. The van der Waals surface area contributed by atoms with Crippen molar-refractivity contribution in [2.75, 3.05) is 5.75 Å². The van der Waals surface area contributed by atoms with Crippen LogP contribution in [0.15, 0.2) is 18.2 Å². The minimum Gasteiger partial charge on any atom is -0.482 e. The van der Waals surface area contributed by atoms with Gasteiger partial charge in [0.2, 0.25) is 0 Å². The molecular weight excluding hydrogens is 239 g/mol. The molecule has 1 heterocycles. The number of thiol groups is 1. The molecule has 2 rings (SSSR count). The number of ketones is 1. The van der Waals surface area contributed by atoms with Gasteiger partial charge in [0.15, 0.2) is 11.9 Å². The first kappa shape index (κ1) is 14.0. The van der Waals surface area contributed by atoms with Gasteiger partial charge >= 0.3 is 0 Å². The van der Waals surface area contributed by atoms with Gasteiger partial charge in [-0.05, 0) is 36.6 Å². The van der Waals surface area contributed by atoms with Gasteiger partial charge < -0.3 is 4.74 Å². The summed E-state index contributed by atoms with van der Waals surface area (Å²) in [6.07, 6.45) is 0.869. The van der Waals surface area contributed by atoms with Crippen LogP contribution in [0.2, 0.25) is 0 Å². The van der Waals surface area contributed by atoms with Crippen LogP contribution in [0.5, 0.6) is 5.75 Å². The summed E-state index contributed by atoms with van der Waals surface area (Å²) in [6.45, 7) is 4.00. The van der Waals surface area contributed by atoms with Crippen molar-refractivity contribution < 1.29 is 13.9 Å². The van der Waals surface area contributed by atoms with E-state index in [0.29, 0.717) is 18.6 Å². The number of aryl methyl sites for hydroxylation is 1. The Bertz CT molecular complexity index is 393. The van der Waals surface area contributed by atoms with Gasteiger partial charge in [0, 0.05) is 0 Å². The Kier molecular flexibility index (Phi) is 5.48. The molecule has 0 aromatic heterocycles. The Labute approximate surface area is 107 Å². The summed E-state index contributed by atoms with van der Waals surface area (Å²) in [7, 11) is 0. The van der Waals surface area contributed by atoms with Gasteiger partial charge in [-0.25, -0.2) is 4.39 Å². The fraction of sp³-hybridized carbons (Fsp3) is 0.462. The molecule has 1 unspecified atom stereocenters. The van der Waals surface area contributed by atoms with Crippen molar-refractivity contribution >= 4 is 18.4 Å². The number of halogens is 1. The van der Waals surface area contributed by atoms with Gasteiger partial charge in [-0.15, -0.1) is 0 Å². The van der Waals surface area contributed by atoms with Crippen molar-refractivity contribution in [2.45, 2.75) is 32.8 Å². The second-order valence-electron chi connectivity index (χ2n) is 3.52. The number of carbonyl (C=O) groups is 1. The number of Topliss-reactive ketones (excluding diaryl/α,β-unsaturated/α-hetero) is 1. The molecular formula is C13H17FO2S. The molecule has 1 aromatic carbocycles. The van der Waals surface area contributed by atoms with Gasteiger partial charge in [0.1, 0.15) is 11.6 Å². The summed E-state index contributed by atoms with van der Waals surface area (Å²) in [6, 6.07) is 4.37. The first-order chi connectivity index (χ1) is 8.20. The molecule has 0 N–H and O–H groups in total. The summed E-state index contributed by atoms with van der Waals surface area (Å²) in [5.74, 6) is 0.508. The third-order valence-corrected chi connectivity index (χ3v) is 2.79. The van der Waals surface area contributed by atoms with Crippen LogP contribution < -0.4 is 4.74 Å². The van der Waals surface area contributed by atoms with E-state index < -0.39 is 6.10 Å². The van der Waals surface area contributed by atoms with E-state index in [1.807, 2.05) is 13.8 Å². The van der Waals surface area contributed by atoms with E-state index in [9.17, 15) is 9.18 Å². The van der Waals surface area contributed by atoms with Crippen molar-refractivity contribution in [1.29, 1.82) is 0 Å². The van der Waals surface area contributed by atoms with Crippen LogP contribution in [0.4, 0.5) is 4.39 Å². The van der Waals surface area contributed by atoms with E-state index >= 15 is 0 Å². The van der Waals surface area contributed by atoms with Crippen LogP contribution in [0.3, 0.4) is 0 Å². The highest BCUT2D eigenvalue weighted by atomic mass is 32.1. The normalized spacial score (nSPS) is 17.3. The number of rotatable bonds is 2. The summed E-state index contributed by atoms with van der Waals surface area (Å²) in [5, 5.41) is 0. The molecule has 0 saturated carbocycles. The lowest BCUT2D eigenvalue weighted by molar-refractivity contribution is -0.123. The van der Waals surface area contributed by atoms with Crippen molar-refractivity contribution in [2.24, 2.45) is 0 Å². The lowest BCUT2D eigenvalue weighted by Crippen LogP contribution is -2.32. The zero-order chi connectivity index (χ0) is 12.8. The van der Waals surface area contributed by atoms with E-state index in [1.54, 1.807) is 6.07 Å². The highest BCUT2D eigenvalue weighted by molar-refractivity contribution is 7.81. The van der Waals surface area contributed by atoms with Crippen LogP contribution in [-0.4, -0.2) is 17.6 Å². The highest BCUT2D eigenvalue weighted by Crippen LogP contribution is 2.28. The van der Waals surface area contributed by atoms with Gasteiger partial charge in [-0.1, -0.05) is 13.8 Å². The number of ether oxygens (including phenoxy) is 1. The van der Waals surface area contributed by atoms with Gasteiger partial charge in [0.25, 0.3) is 0 Å². The minimum absolute atomic E-state index is 0.0201. The third-order valence-electron chi connectivity index (χ3n) is 2.48. The number of carbonyl (C=O) groups excluding carboxylic acids is 1. The monoisotopic (exact) mass is 256 g/mol. The Morgan fingerprint density at radius 2 is 2.24 bits per heavy atom. The molecule has 1 atom stereocenters. The lowest BCUT2D eigenvalue weighted by Gasteiger charge is -2.24. The molecule has 0 spiro atoms. The largest absolute Gasteiger partial charge is 0.482 e. The second-order valence-corrected chi connectivity index (χ2v) is 3.84. The average molecular weight is 256 g/mol. The molecule has 0 radical (unpaired) electrons. The zero-order valence-corrected chi connectivity index (χ0v) is 11.0. The third kappa shape index (κ3) is 3.46. The van der Waals surface area contributed by atoms with Crippen LogP contribution in [0.25, 0.3) is 0 Å². The Balaban J connectivity index is 0.000000686. The molecule has 1 aromatic rings. The standard InChI is InChI=1S/C11H11FO2S.C2H6/c12-8-2-4-10-7(5-8)1-3-11(14-10)9(13)6-15;1-2/h2,4-5,11,15H,1,3,6H2;1-2H3. The van der Waals surface area contributed by atoms with E-state index in [-0.39, 0.29) is 17.4 Å². The second kappa shape index (κ2) is 6.64. The molecule has 0 saturated heterocycles. The Morgan fingerprint density at radius 3 is 2.88 bits per heavy atom. The number of hydrogen-bond donors (Lipinski definition) is 1. The molecule has 17 heavy (non-hydrogen) atoms. The molecule has 0 amide bonds. The topological polar surface area (TPSA) is 26.3 Å². The molecule has 2 nitrogen and oxygen atoms in total. The summed E-state index contributed by atoms with van der Waals surface area (Å²) in [5.41, 5.74) is 0.832. The van der Waals surface area contributed by atoms with Crippen LogP contribution in [-0.2, 0) is 11.2 Å². The maximum Gasteiger partial charge on any atom is 0.182 e. The highest BCUT2D eigenvalue weighted by Gasteiger charge is 2.24. The fourth-order valence-electron chi connectivity index (χ4n) is 1.69. The summed E-state index contributed by atoms with van der Waals surface area (Å²) >= 11 is 3.92. The molecule has 94 valence electrons. The molecule has 0 fully saturated rings. The average Bonchev–Trinajstić information content (AvgIpc) is 2.39. The van der Waals surface area contributed by atoms with E-state index in [4.69, 9.17) is 4.74 Å².